The van der Waals surface area contributed by atoms with Gasteiger partial charge < -0.3 is 0 Å². The van der Waals surface area contributed by atoms with Crippen LogP contribution in [0.3, 0.4) is 0 Å². The standard InChI is InChI=1S/C9H12N2S/c1-7(2)9-11-6-8(12-9)4-3-5-10/h6-7H,3-4H2,1-2H3. The largest absolute Gasteiger partial charge is 0.249 e. The van der Waals surface area contributed by atoms with Gasteiger partial charge in [0.1, 0.15) is 0 Å². The normalized spacial score (nSPS) is 10.2. The minimum Gasteiger partial charge on any atom is -0.249 e. The summed E-state index contributed by atoms with van der Waals surface area (Å²) in [6, 6.07) is 2.13. The van der Waals surface area contributed by atoms with Gasteiger partial charge >= 0.3 is 0 Å². The summed E-state index contributed by atoms with van der Waals surface area (Å²) >= 11 is 1.72. The summed E-state index contributed by atoms with van der Waals surface area (Å²) in [5, 5.41) is 9.55. The number of nitriles is 1. The molecule has 0 radical (unpaired) electrons. The highest BCUT2D eigenvalue weighted by Crippen LogP contribution is 2.21. The summed E-state index contributed by atoms with van der Waals surface area (Å²) < 4.78 is 0. The molecule has 0 fully saturated rings. The second kappa shape index (κ2) is 4.22. The Labute approximate surface area is 76.9 Å². The Balaban J connectivity index is 2.59. The van der Waals surface area contributed by atoms with Gasteiger partial charge in [-0.1, -0.05) is 13.8 Å². The number of aryl methyl sites for hydroxylation is 1. The lowest BCUT2D eigenvalue weighted by molar-refractivity contribution is 0.852. The fourth-order valence-electron chi connectivity index (χ4n) is 0.884. The SMILES string of the molecule is CC(C)c1ncc(CCC#N)s1. The van der Waals surface area contributed by atoms with E-state index in [0.29, 0.717) is 12.3 Å². The van der Waals surface area contributed by atoms with Gasteiger partial charge in [0.15, 0.2) is 0 Å². The second-order valence-electron chi connectivity index (χ2n) is 2.98. The van der Waals surface area contributed by atoms with Crippen molar-refractivity contribution in [3.63, 3.8) is 0 Å². The molecule has 0 spiro atoms. The van der Waals surface area contributed by atoms with Gasteiger partial charge in [0.25, 0.3) is 0 Å². The highest BCUT2D eigenvalue weighted by molar-refractivity contribution is 7.11. The molecule has 0 N–H and O–H groups in total. The molecule has 12 heavy (non-hydrogen) atoms. The Morgan fingerprint density at radius 3 is 2.92 bits per heavy atom. The summed E-state index contributed by atoms with van der Waals surface area (Å²) in [5.41, 5.74) is 0. The maximum atomic E-state index is 8.38. The fraction of sp³-hybridized carbons (Fsp3) is 0.556. The minimum atomic E-state index is 0.505. The smallest absolute Gasteiger partial charge is 0.0953 e. The molecule has 0 aliphatic carbocycles. The Hall–Kier alpha value is -0.880. The molecule has 64 valence electrons. The zero-order chi connectivity index (χ0) is 8.97. The van der Waals surface area contributed by atoms with Gasteiger partial charge in [-0.3, -0.25) is 0 Å². The predicted molar refractivity (Wildman–Crippen MR) is 50.1 cm³/mol. The van der Waals surface area contributed by atoms with E-state index < -0.39 is 0 Å². The number of hydrogen-bond donors (Lipinski definition) is 0. The van der Waals surface area contributed by atoms with Crippen molar-refractivity contribution >= 4 is 11.3 Å². The first kappa shape index (κ1) is 9.21. The Morgan fingerprint density at radius 2 is 2.42 bits per heavy atom. The third-order valence-corrected chi connectivity index (χ3v) is 2.91. The van der Waals surface area contributed by atoms with Gasteiger partial charge in [-0.15, -0.1) is 11.3 Å². The van der Waals surface area contributed by atoms with Crippen molar-refractivity contribution in [3.05, 3.63) is 16.1 Å². The van der Waals surface area contributed by atoms with Crippen molar-refractivity contribution in [1.29, 1.82) is 5.26 Å². The molecule has 0 aliphatic heterocycles. The van der Waals surface area contributed by atoms with Crippen LogP contribution < -0.4 is 0 Å². The Bertz CT molecular complexity index is 283. The average Bonchev–Trinajstić information content (AvgIpc) is 2.48. The van der Waals surface area contributed by atoms with E-state index in [2.05, 4.69) is 24.9 Å². The van der Waals surface area contributed by atoms with Crippen molar-refractivity contribution < 1.29 is 0 Å². The van der Waals surface area contributed by atoms with Gasteiger partial charge in [-0.2, -0.15) is 5.26 Å². The van der Waals surface area contributed by atoms with E-state index in [1.807, 2.05) is 6.20 Å². The van der Waals surface area contributed by atoms with Crippen LogP contribution in [0.2, 0.25) is 0 Å². The van der Waals surface area contributed by atoms with Gasteiger partial charge in [0.05, 0.1) is 11.1 Å². The third-order valence-electron chi connectivity index (χ3n) is 1.55. The van der Waals surface area contributed by atoms with Gasteiger partial charge in [-0.05, 0) is 6.42 Å². The van der Waals surface area contributed by atoms with Crippen molar-refractivity contribution in [3.8, 4) is 6.07 Å². The zero-order valence-electron chi connectivity index (χ0n) is 7.37. The van der Waals surface area contributed by atoms with Crippen LogP contribution in [0.1, 0.15) is 36.1 Å². The van der Waals surface area contributed by atoms with Crippen molar-refractivity contribution in [1.82, 2.24) is 4.98 Å². The molecule has 0 aliphatic rings. The lowest BCUT2D eigenvalue weighted by Crippen LogP contribution is -1.81. The lowest BCUT2D eigenvalue weighted by Gasteiger charge is -1.95. The van der Waals surface area contributed by atoms with E-state index in [0.717, 1.165) is 6.42 Å². The van der Waals surface area contributed by atoms with E-state index >= 15 is 0 Å². The molecule has 1 aromatic rings. The van der Waals surface area contributed by atoms with Crippen molar-refractivity contribution in [2.24, 2.45) is 0 Å². The molecule has 1 rings (SSSR count). The maximum absolute atomic E-state index is 8.38. The van der Waals surface area contributed by atoms with Crippen LogP contribution in [0.4, 0.5) is 0 Å². The van der Waals surface area contributed by atoms with Crippen molar-refractivity contribution in [2.45, 2.75) is 32.6 Å². The molecular weight excluding hydrogens is 168 g/mol. The molecule has 0 unspecified atom stereocenters. The quantitative estimate of drug-likeness (QED) is 0.717. The van der Waals surface area contributed by atoms with Crippen molar-refractivity contribution in [2.75, 3.05) is 0 Å². The molecule has 0 amide bonds. The molecule has 0 bridgehead atoms. The van der Waals surface area contributed by atoms with Gasteiger partial charge in [0, 0.05) is 23.4 Å². The van der Waals surface area contributed by atoms with E-state index in [4.69, 9.17) is 5.26 Å². The first-order valence-corrected chi connectivity index (χ1v) is 4.87. The molecule has 0 saturated carbocycles. The molecule has 1 heterocycles. The summed E-state index contributed by atoms with van der Waals surface area (Å²) in [4.78, 5) is 5.50. The van der Waals surface area contributed by atoms with E-state index in [9.17, 15) is 0 Å². The molecule has 0 saturated heterocycles. The van der Waals surface area contributed by atoms with Crippen LogP contribution in [0.15, 0.2) is 6.20 Å². The number of rotatable bonds is 3. The summed E-state index contributed by atoms with van der Waals surface area (Å²) in [5.74, 6) is 0.505. The molecule has 0 atom stereocenters. The number of thiazole rings is 1. The zero-order valence-corrected chi connectivity index (χ0v) is 8.19. The van der Waals surface area contributed by atoms with Crippen LogP contribution >= 0.6 is 11.3 Å². The first-order valence-electron chi connectivity index (χ1n) is 4.05. The topological polar surface area (TPSA) is 36.7 Å². The highest BCUT2D eigenvalue weighted by Gasteiger charge is 2.04. The molecule has 1 aromatic heterocycles. The van der Waals surface area contributed by atoms with Crippen LogP contribution in [0.5, 0.6) is 0 Å². The van der Waals surface area contributed by atoms with Crippen LogP contribution in [-0.2, 0) is 6.42 Å². The van der Waals surface area contributed by atoms with E-state index in [1.165, 1.54) is 9.88 Å². The molecular formula is C9H12N2S. The van der Waals surface area contributed by atoms with Crippen LogP contribution in [0.25, 0.3) is 0 Å². The average molecular weight is 180 g/mol. The number of nitrogens with zero attached hydrogens (tertiary/aromatic N) is 2. The van der Waals surface area contributed by atoms with E-state index in [-0.39, 0.29) is 0 Å². The van der Waals surface area contributed by atoms with Gasteiger partial charge in [0.2, 0.25) is 0 Å². The fourth-order valence-corrected chi connectivity index (χ4v) is 1.80. The number of aromatic nitrogens is 1. The molecule has 3 heteroatoms. The maximum Gasteiger partial charge on any atom is 0.0953 e. The Morgan fingerprint density at radius 1 is 1.67 bits per heavy atom. The third kappa shape index (κ3) is 2.31. The van der Waals surface area contributed by atoms with E-state index in [1.54, 1.807) is 11.3 Å². The number of hydrogen-bond acceptors (Lipinski definition) is 3. The minimum absolute atomic E-state index is 0.505. The lowest BCUT2D eigenvalue weighted by atomic mass is 10.2. The summed E-state index contributed by atoms with van der Waals surface area (Å²) in [7, 11) is 0. The first-order chi connectivity index (χ1) is 5.74. The summed E-state index contributed by atoms with van der Waals surface area (Å²) in [6.07, 6.45) is 3.33. The van der Waals surface area contributed by atoms with Crippen LogP contribution in [-0.4, -0.2) is 4.98 Å². The summed E-state index contributed by atoms with van der Waals surface area (Å²) in [6.45, 7) is 4.26. The second-order valence-corrected chi connectivity index (χ2v) is 4.12. The highest BCUT2D eigenvalue weighted by atomic mass is 32.1. The predicted octanol–water partition coefficient (Wildman–Crippen LogP) is 2.72. The van der Waals surface area contributed by atoms with Gasteiger partial charge in [-0.25, -0.2) is 4.98 Å². The molecule has 0 aromatic carbocycles. The monoisotopic (exact) mass is 180 g/mol. The molecule has 2 nitrogen and oxygen atoms in total. The Kier molecular flexibility index (Phi) is 3.24. The van der Waals surface area contributed by atoms with Crippen LogP contribution in [0, 0.1) is 11.3 Å².